The van der Waals surface area contributed by atoms with Gasteiger partial charge in [-0.05, 0) is 44.4 Å². The molecule has 2 unspecified atom stereocenters. The van der Waals surface area contributed by atoms with Gasteiger partial charge in [0, 0.05) is 0 Å². The van der Waals surface area contributed by atoms with Gasteiger partial charge in [0.2, 0.25) is 0 Å². The average molecular weight is 208 g/mol. The highest BCUT2D eigenvalue weighted by molar-refractivity contribution is 4.98. The number of rotatable bonds is 8. The first-order valence-corrected chi connectivity index (χ1v) is 6.38. The molecular weight excluding hydrogens is 180 g/mol. The molecule has 0 radical (unpaired) electrons. The summed E-state index contributed by atoms with van der Waals surface area (Å²) in [5.74, 6) is 1.51. The molecular formula is C15H28. The van der Waals surface area contributed by atoms with Gasteiger partial charge >= 0.3 is 0 Å². The van der Waals surface area contributed by atoms with E-state index in [1.807, 2.05) is 0 Å². The first kappa shape index (κ1) is 14.5. The number of hydrogen-bond donors (Lipinski definition) is 0. The molecule has 0 aliphatic rings. The minimum Gasteiger partial charge on any atom is -0.103 e. The van der Waals surface area contributed by atoms with Gasteiger partial charge in [-0.1, -0.05) is 44.9 Å². The molecule has 0 aromatic rings. The van der Waals surface area contributed by atoms with Crippen LogP contribution in [-0.2, 0) is 0 Å². The van der Waals surface area contributed by atoms with Gasteiger partial charge in [-0.25, -0.2) is 0 Å². The molecule has 0 N–H and O–H groups in total. The Labute approximate surface area is 96.5 Å². The minimum absolute atomic E-state index is 0.673. The summed E-state index contributed by atoms with van der Waals surface area (Å²) in [6.07, 6.45) is 10.9. The Hall–Kier alpha value is -0.520. The molecule has 0 bridgehead atoms. The van der Waals surface area contributed by atoms with E-state index in [-0.39, 0.29) is 0 Å². The van der Waals surface area contributed by atoms with Crippen molar-refractivity contribution in [2.75, 3.05) is 0 Å². The van der Waals surface area contributed by atoms with Crippen LogP contribution < -0.4 is 0 Å². The molecule has 15 heavy (non-hydrogen) atoms. The van der Waals surface area contributed by atoms with Crippen LogP contribution in [0.1, 0.15) is 59.8 Å². The van der Waals surface area contributed by atoms with E-state index in [4.69, 9.17) is 0 Å². The topological polar surface area (TPSA) is 0 Å². The van der Waals surface area contributed by atoms with Crippen LogP contribution in [0.3, 0.4) is 0 Å². The van der Waals surface area contributed by atoms with Crippen molar-refractivity contribution < 1.29 is 0 Å². The van der Waals surface area contributed by atoms with Crippen molar-refractivity contribution in [2.45, 2.75) is 59.8 Å². The zero-order valence-corrected chi connectivity index (χ0v) is 11.1. The fraction of sp³-hybridized carbons (Fsp3) is 0.733. The zero-order valence-electron chi connectivity index (χ0n) is 11.1. The molecule has 0 saturated carbocycles. The third-order valence-corrected chi connectivity index (χ3v) is 3.20. The summed E-state index contributed by atoms with van der Waals surface area (Å²) in [5.41, 5.74) is 1.56. The smallest absolute Gasteiger partial charge is 0.0265 e. The van der Waals surface area contributed by atoms with E-state index in [9.17, 15) is 0 Å². The second kappa shape index (κ2) is 8.76. The van der Waals surface area contributed by atoms with Gasteiger partial charge in [0.15, 0.2) is 0 Å². The maximum absolute atomic E-state index is 3.81. The van der Waals surface area contributed by atoms with E-state index in [0.717, 1.165) is 5.92 Å². The second-order valence-corrected chi connectivity index (χ2v) is 4.90. The molecule has 0 saturated heterocycles. The van der Waals surface area contributed by atoms with Crippen molar-refractivity contribution in [1.29, 1.82) is 0 Å². The maximum Gasteiger partial charge on any atom is -0.0265 e. The first-order chi connectivity index (χ1) is 7.10. The summed E-state index contributed by atoms with van der Waals surface area (Å²) in [6, 6.07) is 0. The molecule has 0 fully saturated rings. The van der Waals surface area contributed by atoms with Crippen LogP contribution in [-0.4, -0.2) is 0 Å². The highest BCUT2D eigenvalue weighted by atomic mass is 14.0. The van der Waals surface area contributed by atoms with E-state index in [1.165, 1.54) is 32.1 Å². The van der Waals surface area contributed by atoms with Crippen molar-refractivity contribution in [3.63, 3.8) is 0 Å². The molecule has 0 aromatic heterocycles. The fourth-order valence-corrected chi connectivity index (χ4v) is 1.49. The molecule has 0 rings (SSSR count). The summed E-state index contributed by atoms with van der Waals surface area (Å²) in [7, 11) is 0. The SMILES string of the molecule is C=CC(C)CCC/C(C)=C\CC(C)CC. The normalized spacial score (nSPS) is 16.1. The van der Waals surface area contributed by atoms with Crippen LogP contribution in [0, 0.1) is 11.8 Å². The van der Waals surface area contributed by atoms with Gasteiger partial charge in [-0.2, -0.15) is 0 Å². The Morgan fingerprint density at radius 2 is 2.00 bits per heavy atom. The Morgan fingerprint density at radius 1 is 1.33 bits per heavy atom. The van der Waals surface area contributed by atoms with Crippen molar-refractivity contribution in [1.82, 2.24) is 0 Å². The van der Waals surface area contributed by atoms with Crippen molar-refractivity contribution in [2.24, 2.45) is 11.8 Å². The lowest BCUT2D eigenvalue weighted by molar-refractivity contribution is 0.566. The highest BCUT2D eigenvalue weighted by Crippen LogP contribution is 2.15. The lowest BCUT2D eigenvalue weighted by atomic mass is 9.99. The molecule has 2 atom stereocenters. The van der Waals surface area contributed by atoms with Gasteiger partial charge in [-0.3, -0.25) is 0 Å². The Morgan fingerprint density at radius 3 is 2.53 bits per heavy atom. The lowest BCUT2D eigenvalue weighted by Gasteiger charge is -2.07. The molecule has 0 aromatic carbocycles. The molecule has 0 heterocycles. The standard InChI is InChI=1S/C15H28/c1-6-13(3)9-8-10-15(5)12-11-14(4)7-2/h6,12-14H,1,7-11H2,2-5H3/b15-12-. The molecule has 0 aliphatic heterocycles. The van der Waals surface area contributed by atoms with E-state index in [1.54, 1.807) is 5.57 Å². The van der Waals surface area contributed by atoms with Gasteiger partial charge < -0.3 is 0 Å². The van der Waals surface area contributed by atoms with Gasteiger partial charge in [0.1, 0.15) is 0 Å². The lowest BCUT2D eigenvalue weighted by Crippen LogP contribution is -1.91. The van der Waals surface area contributed by atoms with Crippen molar-refractivity contribution in [3.8, 4) is 0 Å². The summed E-state index contributed by atoms with van der Waals surface area (Å²) in [4.78, 5) is 0. The third-order valence-electron chi connectivity index (χ3n) is 3.20. The fourth-order valence-electron chi connectivity index (χ4n) is 1.49. The van der Waals surface area contributed by atoms with Crippen LogP contribution in [0.4, 0.5) is 0 Å². The number of hydrogen-bond acceptors (Lipinski definition) is 0. The molecule has 0 spiro atoms. The summed E-state index contributed by atoms with van der Waals surface area (Å²) >= 11 is 0. The summed E-state index contributed by atoms with van der Waals surface area (Å²) in [5, 5.41) is 0. The Balaban J connectivity index is 3.63. The van der Waals surface area contributed by atoms with Crippen molar-refractivity contribution >= 4 is 0 Å². The molecule has 0 nitrogen and oxygen atoms in total. The van der Waals surface area contributed by atoms with E-state index in [2.05, 4.69) is 46.4 Å². The van der Waals surface area contributed by atoms with Crippen molar-refractivity contribution in [3.05, 3.63) is 24.3 Å². The number of allylic oxidation sites excluding steroid dienone is 3. The van der Waals surface area contributed by atoms with Crippen LogP contribution in [0.25, 0.3) is 0 Å². The summed E-state index contributed by atoms with van der Waals surface area (Å²) < 4.78 is 0. The van der Waals surface area contributed by atoms with Gasteiger partial charge in [0.05, 0.1) is 0 Å². The van der Waals surface area contributed by atoms with E-state index < -0.39 is 0 Å². The Bertz CT molecular complexity index is 188. The van der Waals surface area contributed by atoms with Crippen LogP contribution >= 0.6 is 0 Å². The first-order valence-electron chi connectivity index (χ1n) is 6.38. The van der Waals surface area contributed by atoms with E-state index in [0.29, 0.717) is 5.92 Å². The Kier molecular flexibility index (Phi) is 8.46. The average Bonchev–Trinajstić information content (AvgIpc) is 2.25. The van der Waals surface area contributed by atoms with E-state index >= 15 is 0 Å². The zero-order chi connectivity index (χ0) is 11.7. The largest absolute Gasteiger partial charge is 0.103 e. The maximum atomic E-state index is 3.81. The molecule has 0 aliphatic carbocycles. The monoisotopic (exact) mass is 208 g/mol. The van der Waals surface area contributed by atoms with Crippen LogP contribution in [0.15, 0.2) is 24.3 Å². The van der Waals surface area contributed by atoms with Crippen LogP contribution in [0.2, 0.25) is 0 Å². The van der Waals surface area contributed by atoms with Gasteiger partial charge in [-0.15, -0.1) is 6.58 Å². The van der Waals surface area contributed by atoms with Crippen LogP contribution in [0.5, 0.6) is 0 Å². The predicted molar refractivity (Wildman–Crippen MR) is 71.0 cm³/mol. The quantitative estimate of drug-likeness (QED) is 0.471. The molecule has 88 valence electrons. The summed E-state index contributed by atoms with van der Waals surface area (Å²) in [6.45, 7) is 12.9. The molecule has 0 heteroatoms. The van der Waals surface area contributed by atoms with Gasteiger partial charge in [0.25, 0.3) is 0 Å². The second-order valence-electron chi connectivity index (χ2n) is 4.90. The third kappa shape index (κ3) is 8.47. The predicted octanol–water partition coefficient (Wildman–Crippen LogP) is 5.36. The molecule has 0 amide bonds. The minimum atomic E-state index is 0.673. The highest BCUT2D eigenvalue weighted by Gasteiger charge is 1.98.